The molecule has 2 aliphatic heterocycles. The van der Waals surface area contributed by atoms with Crippen molar-refractivity contribution in [3.8, 4) is 11.5 Å². The third-order valence-corrected chi connectivity index (χ3v) is 10.4. The summed E-state index contributed by atoms with van der Waals surface area (Å²) in [5.74, 6) is -1.82. The Morgan fingerprint density at radius 2 is 1.67 bits per heavy atom. The number of amides is 2. The summed E-state index contributed by atoms with van der Waals surface area (Å²) in [5, 5.41) is 67.5. The van der Waals surface area contributed by atoms with E-state index in [1.807, 2.05) is 0 Å². The number of aromatic amines is 1. The van der Waals surface area contributed by atoms with Gasteiger partial charge in [0.25, 0.3) is 11.8 Å². The van der Waals surface area contributed by atoms with Crippen molar-refractivity contribution in [1.29, 1.82) is 0 Å². The number of imidazole rings is 1. The number of thiazole rings is 1. The Morgan fingerprint density at radius 3 is 2.43 bits per heavy atom. The number of hydrogen-bond acceptors (Lipinski definition) is 12. The molecule has 0 saturated carbocycles. The highest BCUT2D eigenvalue weighted by atomic mass is 35.5. The average molecular weight is 706 g/mol. The molecule has 0 radical (unpaired) electrons. The van der Waals surface area contributed by atoms with Gasteiger partial charge in [0.2, 0.25) is 0 Å². The van der Waals surface area contributed by atoms with Crippen LogP contribution in [-0.4, -0.2) is 97.5 Å². The Morgan fingerprint density at radius 1 is 0.959 bits per heavy atom. The van der Waals surface area contributed by atoms with Crippen molar-refractivity contribution in [2.24, 2.45) is 0 Å². The monoisotopic (exact) mass is 705 g/mol. The molecule has 4 aromatic heterocycles. The number of carbonyl (C=O) groups excluding carboxylic acids is 2. The van der Waals surface area contributed by atoms with Crippen molar-refractivity contribution in [3.63, 3.8) is 0 Å². The maximum Gasteiger partial charge on any atom is 0.286 e. The first-order chi connectivity index (χ1) is 23.6. The lowest BCUT2D eigenvalue weighted by Gasteiger charge is -2.41. The van der Waals surface area contributed by atoms with Crippen molar-refractivity contribution in [2.45, 2.75) is 37.3 Å². The van der Waals surface area contributed by atoms with Gasteiger partial charge < -0.3 is 44.9 Å². The molecule has 5 atom stereocenters. The molecular weight excluding hydrogens is 682 g/mol. The zero-order valence-electron chi connectivity index (χ0n) is 24.8. The number of aliphatic hydroxyl groups excluding tert-OH is 4. The maximum atomic E-state index is 14.4. The van der Waals surface area contributed by atoms with Crippen molar-refractivity contribution in [3.05, 3.63) is 69.9 Å². The summed E-state index contributed by atoms with van der Waals surface area (Å²) in [6.07, 6.45) is -6.16. The fraction of sp³-hybridized carbons (Fsp3) is 0.219. The zero-order chi connectivity index (χ0) is 34.0. The molecule has 0 aliphatic carbocycles. The third-order valence-electron chi connectivity index (χ3n) is 9.32. The van der Waals surface area contributed by atoms with Gasteiger partial charge in [-0.3, -0.25) is 18.8 Å². The molecular formula is C32H24ClN5O10S. The lowest BCUT2D eigenvalue weighted by molar-refractivity contribution is -0.249. The van der Waals surface area contributed by atoms with Crippen molar-refractivity contribution in [1.82, 2.24) is 24.0 Å². The number of halogens is 1. The van der Waals surface area contributed by atoms with E-state index in [4.69, 9.17) is 21.2 Å². The number of nitrogens with zero attached hydrogens (tertiary/aromatic N) is 4. The van der Waals surface area contributed by atoms with Gasteiger partial charge in [-0.05, 0) is 24.3 Å². The number of benzene rings is 3. The molecule has 15 nitrogen and oxygen atoms in total. The first-order valence-electron chi connectivity index (χ1n) is 15.0. The number of hydrogen-bond donors (Lipinski definition) is 7. The minimum absolute atomic E-state index is 0.00503. The number of fused-ring (bicyclic) bond motifs is 11. The second-order valence-corrected chi connectivity index (χ2v) is 13.2. The van der Waals surface area contributed by atoms with Crippen LogP contribution in [0, 0.1) is 0 Å². The standard InChI is InChI=1S/C32H24ClN5O10S/c33-28-17(36-5-6-49-32(36)35-28)10-47-38-29(45)21-19-13-3-1-11(40)7-15(13)34-23(19)24-20(22(21)30(38)46)14-4-2-12(41)8-16(14)37(24)31-27(44)26(43)25(42)18(9-39)48-31/h1-8,18,25-27,31,34,39-44H,9-10H2. The summed E-state index contributed by atoms with van der Waals surface area (Å²) in [5.41, 5.74) is 1.55. The molecule has 6 heterocycles. The summed E-state index contributed by atoms with van der Waals surface area (Å²) in [6, 6.07) is 8.76. The molecule has 3 aromatic carbocycles. The number of ether oxygens (including phenoxy) is 1. The van der Waals surface area contributed by atoms with Crippen LogP contribution in [0.3, 0.4) is 0 Å². The second kappa shape index (κ2) is 10.6. The smallest absolute Gasteiger partial charge is 0.286 e. The lowest BCUT2D eigenvalue weighted by atomic mass is 9.96. The van der Waals surface area contributed by atoms with E-state index in [2.05, 4.69) is 9.97 Å². The molecule has 0 bridgehead atoms. The SMILES string of the molecule is O=C1c2c(c3c4ccc(O)cc4n(C4OC(CO)C(O)C(O)C4O)c3c3[nH]c4cc(O)ccc4c23)C(=O)N1OCc1c(Cl)nc2sccn12. The number of imide groups is 1. The highest BCUT2D eigenvalue weighted by Crippen LogP contribution is 2.48. The van der Waals surface area contributed by atoms with Crippen LogP contribution in [0.2, 0.25) is 5.15 Å². The first-order valence-corrected chi connectivity index (χ1v) is 16.2. The summed E-state index contributed by atoms with van der Waals surface area (Å²) in [6.45, 7) is -0.977. The van der Waals surface area contributed by atoms with Gasteiger partial charge in [0, 0.05) is 45.3 Å². The molecule has 0 spiro atoms. The van der Waals surface area contributed by atoms with E-state index in [1.165, 1.54) is 46.2 Å². The van der Waals surface area contributed by atoms with Gasteiger partial charge >= 0.3 is 0 Å². The Bertz CT molecular complexity index is 2550. The van der Waals surface area contributed by atoms with E-state index in [-0.39, 0.29) is 50.8 Å². The molecule has 250 valence electrons. The van der Waals surface area contributed by atoms with Gasteiger partial charge in [-0.25, -0.2) is 4.98 Å². The molecule has 7 aromatic rings. The minimum atomic E-state index is -1.75. The van der Waals surface area contributed by atoms with Gasteiger partial charge in [0.1, 0.15) is 42.5 Å². The summed E-state index contributed by atoms with van der Waals surface area (Å²) < 4.78 is 9.13. The van der Waals surface area contributed by atoms with Gasteiger partial charge in [-0.1, -0.05) is 11.6 Å². The fourth-order valence-electron chi connectivity index (χ4n) is 7.13. The molecule has 5 unspecified atom stereocenters. The maximum absolute atomic E-state index is 14.4. The number of rotatable bonds is 5. The largest absolute Gasteiger partial charge is 0.508 e. The molecule has 2 amide bonds. The van der Waals surface area contributed by atoms with E-state index in [0.717, 1.165) is 0 Å². The van der Waals surface area contributed by atoms with Crippen molar-refractivity contribution >= 4 is 83.3 Å². The minimum Gasteiger partial charge on any atom is -0.508 e. The van der Waals surface area contributed by atoms with Crippen LogP contribution in [-0.2, 0) is 16.2 Å². The summed E-state index contributed by atoms with van der Waals surface area (Å²) >= 11 is 7.71. The topological polar surface area (TPSA) is 215 Å². The number of phenols is 2. The van der Waals surface area contributed by atoms with Crippen LogP contribution in [0.25, 0.3) is 48.6 Å². The highest BCUT2D eigenvalue weighted by Gasteiger charge is 2.47. The lowest BCUT2D eigenvalue weighted by Crippen LogP contribution is -2.56. The number of H-pyrrole nitrogens is 1. The number of phenolic OH excluding ortho intramolecular Hbond substituents is 2. The summed E-state index contributed by atoms with van der Waals surface area (Å²) in [7, 11) is 0. The molecule has 49 heavy (non-hydrogen) atoms. The highest BCUT2D eigenvalue weighted by molar-refractivity contribution is 7.15. The Kier molecular flexibility index (Phi) is 6.56. The van der Waals surface area contributed by atoms with Crippen molar-refractivity contribution < 1.29 is 49.8 Å². The second-order valence-electron chi connectivity index (χ2n) is 12.0. The van der Waals surface area contributed by atoms with Gasteiger partial charge in [0.05, 0.1) is 45.5 Å². The zero-order valence-corrected chi connectivity index (χ0v) is 26.4. The van der Waals surface area contributed by atoms with Crippen LogP contribution in [0.5, 0.6) is 11.5 Å². The Balaban J connectivity index is 1.34. The number of aromatic nitrogens is 4. The molecule has 1 fully saturated rings. The molecule has 17 heteroatoms. The van der Waals surface area contributed by atoms with E-state index in [9.17, 15) is 40.2 Å². The third kappa shape index (κ3) is 4.08. The van der Waals surface area contributed by atoms with E-state index in [0.29, 0.717) is 42.9 Å². The van der Waals surface area contributed by atoms with Crippen LogP contribution in [0.1, 0.15) is 32.6 Å². The van der Waals surface area contributed by atoms with Gasteiger partial charge in [-0.2, -0.15) is 0 Å². The fourth-order valence-corrected chi connectivity index (χ4v) is 8.14. The number of aliphatic hydroxyl groups is 4. The number of hydroxylamine groups is 2. The van der Waals surface area contributed by atoms with Crippen LogP contribution in [0.15, 0.2) is 48.0 Å². The molecule has 7 N–H and O–H groups in total. The molecule has 1 saturated heterocycles. The number of carbonyl (C=O) groups is 2. The first kappa shape index (κ1) is 30.3. The summed E-state index contributed by atoms with van der Waals surface area (Å²) in [4.78, 5) is 42.7. The van der Waals surface area contributed by atoms with Crippen LogP contribution < -0.4 is 0 Å². The normalized spacial score (nSPS) is 23.0. The predicted octanol–water partition coefficient (Wildman–Crippen LogP) is 2.90. The van der Waals surface area contributed by atoms with E-state index in [1.54, 1.807) is 22.0 Å². The average Bonchev–Trinajstić information content (AvgIpc) is 3.87. The van der Waals surface area contributed by atoms with Crippen LogP contribution in [0.4, 0.5) is 0 Å². The van der Waals surface area contributed by atoms with Gasteiger partial charge in [0.15, 0.2) is 16.3 Å². The molecule has 2 aliphatic rings. The quantitative estimate of drug-likeness (QED) is 0.129. The Labute approximate surface area is 281 Å². The van der Waals surface area contributed by atoms with Crippen LogP contribution >= 0.6 is 22.9 Å². The van der Waals surface area contributed by atoms with E-state index >= 15 is 0 Å². The number of nitrogens with one attached hydrogen (secondary N) is 1. The van der Waals surface area contributed by atoms with Crippen molar-refractivity contribution in [2.75, 3.05) is 6.61 Å². The Hall–Kier alpha value is -4.78. The van der Waals surface area contributed by atoms with Gasteiger partial charge in [-0.15, -0.1) is 16.4 Å². The molecule has 9 rings (SSSR count). The number of aromatic hydroxyl groups is 2. The predicted molar refractivity (Wildman–Crippen MR) is 175 cm³/mol. The van der Waals surface area contributed by atoms with E-state index < -0.39 is 49.1 Å².